The van der Waals surface area contributed by atoms with Crippen LogP contribution in [0.3, 0.4) is 0 Å². The molecule has 0 saturated carbocycles. The quantitative estimate of drug-likeness (QED) is 0.862. The number of hydrogen-bond acceptors (Lipinski definition) is 3. The summed E-state index contributed by atoms with van der Waals surface area (Å²) in [6.07, 6.45) is -2.99. The van der Waals surface area contributed by atoms with Gasteiger partial charge in [0.05, 0.1) is 5.56 Å². The van der Waals surface area contributed by atoms with Gasteiger partial charge in [0.1, 0.15) is 11.6 Å². The van der Waals surface area contributed by atoms with Crippen molar-refractivity contribution in [1.82, 2.24) is 10.3 Å². The maximum absolute atomic E-state index is 13.2. The average molecular weight is 353 g/mol. The highest BCUT2D eigenvalue weighted by Gasteiger charge is 2.31. The third kappa shape index (κ3) is 4.07. The zero-order chi connectivity index (χ0) is 18.0. The molecule has 1 saturated heterocycles. The second-order valence-electron chi connectivity index (χ2n) is 5.82. The standard InChI is InChI=1S/C17H15F4N3O/c18-13-3-1-2-11(8-13)16(25)23-14-6-7-24(10-14)15-5-4-12(9-22-15)17(19,20)21/h1-5,8-9,14H,6-7,10H2,(H,23,25). The maximum atomic E-state index is 13.2. The van der Waals surface area contributed by atoms with Gasteiger partial charge in [0, 0.05) is 30.9 Å². The fourth-order valence-electron chi connectivity index (χ4n) is 2.73. The Morgan fingerprint density at radius 3 is 2.68 bits per heavy atom. The molecular formula is C17H15F4N3O. The van der Waals surface area contributed by atoms with Crippen molar-refractivity contribution in [3.63, 3.8) is 0 Å². The molecule has 3 rings (SSSR count). The van der Waals surface area contributed by atoms with Crippen molar-refractivity contribution < 1.29 is 22.4 Å². The van der Waals surface area contributed by atoms with Crippen molar-refractivity contribution in [3.8, 4) is 0 Å². The van der Waals surface area contributed by atoms with Crippen LogP contribution < -0.4 is 10.2 Å². The summed E-state index contributed by atoms with van der Waals surface area (Å²) in [5.41, 5.74) is -0.572. The number of halogens is 4. The van der Waals surface area contributed by atoms with Gasteiger partial charge >= 0.3 is 6.18 Å². The van der Waals surface area contributed by atoms with Gasteiger partial charge in [-0.05, 0) is 36.8 Å². The summed E-state index contributed by atoms with van der Waals surface area (Å²) in [4.78, 5) is 17.8. The minimum atomic E-state index is -4.42. The number of amides is 1. The molecular weight excluding hydrogens is 338 g/mol. The van der Waals surface area contributed by atoms with Gasteiger partial charge < -0.3 is 10.2 Å². The van der Waals surface area contributed by atoms with Crippen LogP contribution in [0.4, 0.5) is 23.4 Å². The second kappa shape index (κ2) is 6.70. The molecule has 0 aliphatic carbocycles. The number of nitrogens with one attached hydrogen (secondary N) is 1. The summed E-state index contributed by atoms with van der Waals surface area (Å²) < 4.78 is 50.9. The van der Waals surface area contributed by atoms with Crippen molar-refractivity contribution in [3.05, 3.63) is 59.5 Å². The van der Waals surface area contributed by atoms with Gasteiger partial charge in [-0.3, -0.25) is 4.79 Å². The van der Waals surface area contributed by atoms with Gasteiger partial charge in [0.25, 0.3) is 5.91 Å². The highest BCUT2D eigenvalue weighted by molar-refractivity contribution is 5.94. The lowest BCUT2D eigenvalue weighted by atomic mass is 10.2. The average Bonchev–Trinajstić information content (AvgIpc) is 3.02. The number of benzene rings is 1. The van der Waals surface area contributed by atoms with Crippen molar-refractivity contribution in [2.24, 2.45) is 0 Å². The van der Waals surface area contributed by atoms with Crippen molar-refractivity contribution in [2.45, 2.75) is 18.6 Å². The molecule has 1 fully saturated rings. The molecule has 25 heavy (non-hydrogen) atoms. The van der Waals surface area contributed by atoms with Gasteiger partial charge in [-0.2, -0.15) is 13.2 Å². The smallest absolute Gasteiger partial charge is 0.354 e. The Morgan fingerprint density at radius 2 is 2.04 bits per heavy atom. The summed E-state index contributed by atoms with van der Waals surface area (Å²) in [5.74, 6) is -0.447. The first-order valence-corrected chi connectivity index (χ1v) is 7.67. The van der Waals surface area contributed by atoms with Crippen LogP contribution in [-0.4, -0.2) is 30.0 Å². The molecule has 0 spiro atoms. The number of pyridine rings is 1. The summed E-state index contributed by atoms with van der Waals surface area (Å²) in [5, 5.41) is 2.80. The van der Waals surface area contributed by atoms with E-state index in [4.69, 9.17) is 0 Å². The number of anilines is 1. The third-order valence-electron chi connectivity index (χ3n) is 4.01. The van der Waals surface area contributed by atoms with E-state index in [-0.39, 0.29) is 17.5 Å². The maximum Gasteiger partial charge on any atom is 0.417 e. The fraction of sp³-hybridized carbons (Fsp3) is 0.294. The van der Waals surface area contributed by atoms with E-state index in [9.17, 15) is 22.4 Å². The summed E-state index contributed by atoms with van der Waals surface area (Å²) >= 11 is 0. The van der Waals surface area contributed by atoms with E-state index in [2.05, 4.69) is 10.3 Å². The lowest BCUT2D eigenvalue weighted by Crippen LogP contribution is -2.37. The summed E-state index contributed by atoms with van der Waals surface area (Å²) in [7, 11) is 0. The predicted molar refractivity (Wildman–Crippen MR) is 83.7 cm³/mol. The van der Waals surface area contributed by atoms with E-state index in [1.807, 2.05) is 0 Å². The molecule has 0 bridgehead atoms. The number of hydrogen-bond donors (Lipinski definition) is 1. The van der Waals surface area contributed by atoms with Gasteiger partial charge in [-0.25, -0.2) is 9.37 Å². The molecule has 1 unspecified atom stereocenters. The molecule has 1 aliphatic rings. The van der Waals surface area contributed by atoms with E-state index in [0.717, 1.165) is 18.3 Å². The SMILES string of the molecule is O=C(NC1CCN(c2ccc(C(F)(F)F)cn2)C1)c1cccc(F)c1. The van der Waals surface area contributed by atoms with Crippen LogP contribution in [0.1, 0.15) is 22.3 Å². The Bertz CT molecular complexity index is 761. The zero-order valence-electron chi connectivity index (χ0n) is 13.1. The topological polar surface area (TPSA) is 45.2 Å². The number of aromatic nitrogens is 1. The molecule has 4 nitrogen and oxygen atoms in total. The van der Waals surface area contributed by atoms with Gasteiger partial charge in [0.2, 0.25) is 0 Å². The van der Waals surface area contributed by atoms with E-state index in [1.54, 1.807) is 4.90 Å². The van der Waals surface area contributed by atoms with Crippen LogP contribution >= 0.6 is 0 Å². The second-order valence-corrected chi connectivity index (χ2v) is 5.82. The van der Waals surface area contributed by atoms with Gasteiger partial charge in [-0.15, -0.1) is 0 Å². The molecule has 132 valence electrons. The number of nitrogens with zero attached hydrogens (tertiary/aromatic N) is 2. The first-order chi connectivity index (χ1) is 11.8. The minimum Gasteiger partial charge on any atom is -0.354 e. The first kappa shape index (κ1) is 17.2. The summed E-state index contributed by atoms with van der Waals surface area (Å²) in [6, 6.07) is 7.50. The molecule has 1 aromatic heterocycles. The number of carbonyl (C=O) groups is 1. The summed E-state index contributed by atoms with van der Waals surface area (Å²) in [6.45, 7) is 0.992. The fourth-order valence-corrected chi connectivity index (χ4v) is 2.73. The van der Waals surface area contributed by atoms with Crippen LogP contribution in [-0.2, 0) is 6.18 Å². The lowest BCUT2D eigenvalue weighted by Gasteiger charge is -2.18. The van der Waals surface area contributed by atoms with Gasteiger partial charge in [-0.1, -0.05) is 6.07 Å². The van der Waals surface area contributed by atoms with Crippen molar-refractivity contribution in [1.29, 1.82) is 0 Å². The van der Waals surface area contributed by atoms with Crippen molar-refractivity contribution in [2.75, 3.05) is 18.0 Å². The first-order valence-electron chi connectivity index (χ1n) is 7.67. The van der Waals surface area contributed by atoms with Crippen molar-refractivity contribution >= 4 is 11.7 Å². The van der Waals surface area contributed by atoms with Crippen LogP contribution in [0.25, 0.3) is 0 Å². The normalized spacial score (nSPS) is 17.6. The largest absolute Gasteiger partial charge is 0.417 e. The minimum absolute atomic E-state index is 0.181. The Kier molecular flexibility index (Phi) is 4.61. The van der Waals surface area contributed by atoms with Crippen LogP contribution in [0.15, 0.2) is 42.6 Å². The molecule has 1 aromatic carbocycles. The van der Waals surface area contributed by atoms with E-state index >= 15 is 0 Å². The Labute approximate surface area is 141 Å². The van der Waals surface area contributed by atoms with E-state index < -0.39 is 17.6 Å². The number of rotatable bonds is 3. The molecule has 1 atom stereocenters. The highest BCUT2D eigenvalue weighted by atomic mass is 19.4. The predicted octanol–water partition coefficient (Wildman–Crippen LogP) is 3.25. The number of carbonyl (C=O) groups excluding carboxylic acids is 1. The Balaban J connectivity index is 1.61. The van der Waals surface area contributed by atoms with Crippen LogP contribution in [0.5, 0.6) is 0 Å². The molecule has 2 aromatic rings. The lowest BCUT2D eigenvalue weighted by molar-refractivity contribution is -0.137. The zero-order valence-corrected chi connectivity index (χ0v) is 13.1. The van der Waals surface area contributed by atoms with Crippen LogP contribution in [0.2, 0.25) is 0 Å². The molecule has 0 radical (unpaired) electrons. The van der Waals surface area contributed by atoms with E-state index in [0.29, 0.717) is 25.3 Å². The molecule has 8 heteroatoms. The van der Waals surface area contributed by atoms with E-state index in [1.165, 1.54) is 24.3 Å². The van der Waals surface area contributed by atoms with Crippen LogP contribution in [0, 0.1) is 5.82 Å². The monoisotopic (exact) mass is 353 g/mol. The number of alkyl halides is 3. The molecule has 1 N–H and O–H groups in total. The van der Waals surface area contributed by atoms with Gasteiger partial charge in [0.15, 0.2) is 0 Å². The molecule has 1 aliphatic heterocycles. The highest BCUT2D eigenvalue weighted by Crippen LogP contribution is 2.29. The molecule has 1 amide bonds. The Hall–Kier alpha value is -2.64. The Morgan fingerprint density at radius 1 is 1.24 bits per heavy atom. The third-order valence-corrected chi connectivity index (χ3v) is 4.01. The molecule has 2 heterocycles.